The van der Waals surface area contributed by atoms with Crippen LogP contribution in [0, 0.1) is 0 Å². The number of hydrogen-bond donors (Lipinski definition) is 2. The molecule has 0 radical (unpaired) electrons. The number of benzene rings is 2. The van der Waals surface area contributed by atoms with Gasteiger partial charge in [0.2, 0.25) is 5.91 Å². The molecule has 0 saturated carbocycles. The summed E-state index contributed by atoms with van der Waals surface area (Å²) in [7, 11) is 0. The van der Waals surface area contributed by atoms with Crippen LogP contribution in [-0.4, -0.2) is 18.0 Å². The minimum absolute atomic E-state index is 0.0515. The van der Waals surface area contributed by atoms with E-state index in [4.69, 9.17) is 0 Å². The van der Waals surface area contributed by atoms with Gasteiger partial charge in [0.1, 0.15) is 0 Å². The van der Waals surface area contributed by atoms with Gasteiger partial charge in [-0.15, -0.1) is 0 Å². The predicted octanol–water partition coefficient (Wildman–Crippen LogP) is 3.23. The van der Waals surface area contributed by atoms with Crippen LogP contribution in [0.4, 0.5) is 0 Å². The lowest BCUT2D eigenvalue weighted by Gasteiger charge is -2.20. The van der Waals surface area contributed by atoms with Gasteiger partial charge < -0.3 is 10.6 Å². The van der Waals surface area contributed by atoms with Crippen LogP contribution in [0.2, 0.25) is 0 Å². The van der Waals surface area contributed by atoms with E-state index in [-0.39, 0.29) is 11.4 Å². The molecule has 1 amide bonds. The minimum atomic E-state index is 0.0515. The van der Waals surface area contributed by atoms with Crippen molar-refractivity contribution in [2.75, 3.05) is 6.54 Å². The molecule has 112 valence electrons. The van der Waals surface area contributed by atoms with E-state index in [1.165, 1.54) is 10.8 Å². The SMILES string of the molecule is CC(C)(C)NCCC(=O)NCc1cccc2ccccc12. The maximum absolute atomic E-state index is 11.9. The van der Waals surface area contributed by atoms with Crippen molar-refractivity contribution in [3.05, 3.63) is 48.0 Å². The molecule has 0 atom stereocenters. The Kier molecular flexibility index (Phi) is 4.97. The Bertz CT molecular complexity index is 609. The Morgan fingerprint density at radius 3 is 2.52 bits per heavy atom. The van der Waals surface area contributed by atoms with Gasteiger partial charge in [0.15, 0.2) is 0 Å². The molecule has 0 spiro atoms. The summed E-state index contributed by atoms with van der Waals surface area (Å²) >= 11 is 0. The van der Waals surface area contributed by atoms with Crippen molar-refractivity contribution in [2.45, 2.75) is 39.3 Å². The number of hydrogen-bond acceptors (Lipinski definition) is 2. The van der Waals surface area contributed by atoms with Crippen molar-refractivity contribution in [2.24, 2.45) is 0 Å². The maximum atomic E-state index is 11.9. The number of rotatable bonds is 5. The topological polar surface area (TPSA) is 41.1 Å². The van der Waals surface area contributed by atoms with Gasteiger partial charge in [-0.05, 0) is 37.1 Å². The number of carbonyl (C=O) groups excluding carboxylic acids is 1. The van der Waals surface area contributed by atoms with Crippen molar-refractivity contribution in [3.63, 3.8) is 0 Å². The first-order valence-electron chi connectivity index (χ1n) is 7.44. The molecule has 0 bridgehead atoms. The van der Waals surface area contributed by atoms with Crippen LogP contribution in [0.1, 0.15) is 32.8 Å². The zero-order valence-electron chi connectivity index (χ0n) is 13.1. The molecule has 3 nitrogen and oxygen atoms in total. The second-order valence-corrected chi connectivity index (χ2v) is 6.34. The highest BCUT2D eigenvalue weighted by Crippen LogP contribution is 2.18. The first kappa shape index (κ1) is 15.5. The van der Waals surface area contributed by atoms with Crippen LogP contribution in [-0.2, 0) is 11.3 Å². The van der Waals surface area contributed by atoms with Crippen molar-refractivity contribution in [1.29, 1.82) is 0 Å². The largest absolute Gasteiger partial charge is 0.352 e. The van der Waals surface area contributed by atoms with E-state index in [9.17, 15) is 4.79 Å². The van der Waals surface area contributed by atoms with E-state index in [0.717, 1.165) is 5.56 Å². The van der Waals surface area contributed by atoms with Crippen molar-refractivity contribution in [1.82, 2.24) is 10.6 Å². The molecule has 0 fully saturated rings. The first-order valence-corrected chi connectivity index (χ1v) is 7.44. The van der Waals surface area contributed by atoms with E-state index in [0.29, 0.717) is 19.5 Å². The monoisotopic (exact) mass is 284 g/mol. The molecule has 2 aromatic rings. The molecule has 0 aliphatic rings. The summed E-state index contributed by atoms with van der Waals surface area (Å²) in [6.45, 7) is 7.57. The lowest BCUT2D eigenvalue weighted by molar-refractivity contribution is -0.121. The third-order valence-electron chi connectivity index (χ3n) is 3.36. The summed E-state index contributed by atoms with van der Waals surface area (Å²) in [4.78, 5) is 11.9. The summed E-state index contributed by atoms with van der Waals surface area (Å²) in [5.74, 6) is 0.0830. The molecule has 21 heavy (non-hydrogen) atoms. The van der Waals surface area contributed by atoms with Crippen LogP contribution in [0.5, 0.6) is 0 Å². The minimum Gasteiger partial charge on any atom is -0.352 e. The van der Waals surface area contributed by atoms with Crippen molar-refractivity contribution in [3.8, 4) is 0 Å². The maximum Gasteiger partial charge on any atom is 0.221 e. The highest BCUT2D eigenvalue weighted by molar-refractivity contribution is 5.86. The van der Waals surface area contributed by atoms with E-state index in [1.54, 1.807) is 0 Å². The van der Waals surface area contributed by atoms with Gasteiger partial charge in [-0.2, -0.15) is 0 Å². The molecule has 0 aromatic heterocycles. The van der Waals surface area contributed by atoms with Gasteiger partial charge in [-0.1, -0.05) is 42.5 Å². The summed E-state index contributed by atoms with van der Waals surface area (Å²) in [6.07, 6.45) is 0.502. The van der Waals surface area contributed by atoms with Crippen LogP contribution >= 0.6 is 0 Å². The fourth-order valence-corrected chi connectivity index (χ4v) is 2.28. The quantitative estimate of drug-likeness (QED) is 0.885. The Morgan fingerprint density at radius 1 is 1.05 bits per heavy atom. The average Bonchev–Trinajstić information content (AvgIpc) is 2.43. The predicted molar refractivity (Wildman–Crippen MR) is 88.2 cm³/mol. The zero-order valence-corrected chi connectivity index (χ0v) is 13.1. The molecule has 2 aromatic carbocycles. The van der Waals surface area contributed by atoms with Crippen molar-refractivity contribution >= 4 is 16.7 Å². The van der Waals surface area contributed by atoms with Gasteiger partial charge >= 0.3 is 0 Å². The lowest BCUT2D eigenvalue weighted by Crippen LogP contribution is -2.38. The highest BCUT2D eigenvalue weighted by atomic mass is 16.1. The van der Waals surface area contributed by atoms with Crippen LogP contribution in [0.3, 0.4) is 0 Å². The van der Waals surface area contributed by atoms with Gasteiger partial charge in [0.05, 0.1) is 0 Å². The fourth-order valence-electron chi connectivity index (χ4n) is 2.28. The van der Waals surface area contributed by atoms with Gasteiger partial charge in [0, 0.05) is 25.0 Å². The molecule has 0 aliphatic heterocycles. The van der Waals surface area contributed by atoms with E-state index < -0.39 is 0 Å². The van der Waals surface area contributed by atoms with Gasteiger partial charge in [-0.3, -0.25) is 4.79 Å². The molecule has 0 aliphatic carbocycles. The van der Waals surface area contributed by atoms with Crippen LogP contribution < -0.4 is 10.6 Å². The van der Waals surface area contributed by atoms with Crippen molar-refractivity contribution < 1.29 is 4.79 Å². The van der Waals surface area contributed by atoms with Gasteiger partial charge in [-0.25, -0.2) is 0 Å². The van der Waals surface area contributed by atoms with Gasteiger partial charge in [0.25, 0.3) is 0 Å². The first-order chi connectivity index (χ1) is 9.96. The molecular weight excluding hydrogens is 260 g/mol. The summed E-state index contributed by atoms with van der Waals surface area (Å²) < 4.78 is 0. The molecule has 0 saturated heterocycles. The van der Waals surface area contributed by atoms with E-state index >= 15 is 0 Å². The number of nitrogens with one attached hydrogen (secondary N) is 2. The fraction of sp³-hybridized carbons (Fsp3) is 0.389. The second kappa shape index (κ2) is 6.72. The normalized spacial score (nSPS) is 11.6. The standard InChI is InChI=1S/C18H24N2O/c1-18(2,3)20-12-11-17(21)19-13-15-9-6-8-14-7-4-5-10-16(14)15/h4-10,20H,11-13H2,1-3H3,(H,19,21). The summed E-state index contributed by atoms with van der Waals surface area (Å²) in [5, 5.41) is 8.73. The number of carbonyl (C=O) groups is 1. The highest BCUT2D eigenvalue weighted by Gasteiger charge is 2.09. The lowest BCUT2D eigenvalue weighted by atomic mass is 10.0. The Hall–Kier alpha value is -1.87. The third kappa shape index (κ3) is 4.87. The molecule has 0 heterocycles. The molecule has 0 unspecified atom stereocenters. The summed E-state index contributed by atoms with van der Waals surface area (Å²) in [5.41, 5.74) is 1.21. The Morgan fingerprint density at radius 2 is 1.76 bits per heavy atom. The van der Waals surface area contributed by atoms with E-state index in [2.05, 4.69) is 55.7 Å². The smallest absolute Gasteiger partial charge is 0.221 e. The third-order valence-corrected chi connectivity index (χ3v) is 3.36. The average molecular weight is 284 g/mol. The van der Waals surface area contributed by atoms with Crippen LogP contribution in [0.15, 0.2) is 42.5 Å². The second-order valence-electron chi connectivity index (χ2n) is 6.34. The zero-order chi connectivity index (χ0) is 15.3. The summed E-state index contributed by atoms with van der Waals surface area (Å²) in [6, 6.07) is 14.4. The number of fused-ring (bicyclic) bond motifs is 1. The molecule has 3 heteroatoms. The molecule has 2 N–H and O–H groups in total. The Labute approximate surface area is 126 Å². The molecule has 2 rings (SSSR count). The Balaban J connectivity index is 1.89. The molecular formula is C18H24N2O. The number of amides is 1. The van der Waals surface area contributed by atoms with Crippen LogP contribution in [0.25, 0.3) is 10.8 Å². The van der Waals surface area contributed by atoms with E-state index in [1.807, 2.05) is 18.2 Å².